The van der Waals surface area contributed by atoms with Crippen LogP contribution in [0.25, 0.3) is 0 Å². The Balaban J connectivity index is 4.59. The second-order valence-corrected chi connectivity index (χ2v) is 2.18. The number of ether oxygens (including phenoxy) is 1. The molecule has 0 fully saturated rings. The largest absolute Gasteiger partial charge is 0.455 e. The number of halogens is 4. The van der Waals surface area contributed by atoms with Crippen LogP contribution in [0.5, 0.6) is 0 Å². The highest BCUT2D eigenvalue weighted by molar-refractivity contribution is 5.01. The van der Waals surface area contributed by atoms with Crippen LogP contribution in [0.1, 0.15) is 26.7 Å². The Morgan fingerprint density at radius 3 is 1.31 bits per heavy atom. The third-order valence-electron chi connectivity index (χ3n) is 1.31. The Kier molecular flexibility index (Phi) is 5.18. The molecule has 0 heterocycles. The summed E-state index contributed by atoms with van der Waals surface area (Å²) in [5, 5.41) is 0. The van der Waals surface area contributed by atoms with Gasteiger partial charge in [-0.1, -0.05) is 13.8 Å². The lowest BCUT2D eigenvalue weighted by Crippen LogP contribution is -1.94. The van der Waals surface area contributed by atoms with Crippen LogP contribution in [0.2, 0.25) is 0 Å². The average molecular weight is 198 g/mol. The van der Waals surface area contributed by atoms with Crippen LogP contribution < -0.4 is 0 Å². The molecule has 0 saturated carbocycles. The number of rotatable bonds is 4. The van der Waals surface area contributed by atoms with Crippen LogP contribution in [0.15, 0.2) is 23.7 Å². The molecule has 76 valence electrons. The first kappa shape index (κ1) is 12.0. The predicted molar refractivity (Wildman–Crippen MR) is 40.2 cm³/mol. The van der Waals surface area contributed by atoms with Gasteiger partial charge in [0.25, 0.3) is 0 Å². The SMILES string of the molecule is CCC(OC(CC)=C(F)F)=C(F)F. The predicted octanol–water partition coefficient (Wildman–Crippen LogP) is 4.04. The van der Waals surface area contributed by atoms with Crippen molar-refractivity contribution in [2.75, 3.05) is 0 Å². The molecule has 0 aliphatic carbocycles. The fourth-order valence-corrected chi connectivity index (χ4v) is 0.637. The zero-order chi connectivity index (χ0) is 10.4. The number of allylic oxidation sites excluding steroid dienone is 2. The van der Waals surface area contributed by atoms with Gasteiger partial charge in [-0.3, -0.25) is 0 Å². The zero-order valence-corrected chi connectivity index (χ0v) is 7.33. The first-order valence-corrected chi connectivity index (χ1v) is 3.79. The van der Waals surface area contributed by atoms with Crippen molar-refractivity contribution in [1.82, 2.24) is 0 Å². The molecule has 0 rings (SSSR count). The maximum Gasteiger partial charge on any atom is 0.308 e. The molecule has 0 aromatic rings. The molecule has 0 aliphatic rings. The van der Waals surface area contributed by atoms with Crippen molar-refractivity contribution in [2.24, 2.45) is 0 Å². The molecule has 13 heavy (non-hydrogen) atoms. The van der Waals surface area contributed by atoms with Crippen LogP contribution in [-0.2, 0) is 4.74 Å². The minimum atomic E-state index is -2.06. The monoisotopic (exact) mass is 198 g/mol. The Morgan fingerprint density at radius 1 is 0.846 bits per heavy atom. The zero-order valence-electron chi connectivity index (χ0n) is 7.33. The van der Waals surface area contributed by atoms with Crippen LogP contribution in [0, 0.1) is 0 Å². The first-order chi connectivity index (χ1) is 6.02. The number of hydrogen-bond donors (Lipinski definition) is 0. The van der Waals surface area contributed by atoms with Crippen LogP contribution in [0.3, 0.4) is 0 Å². The quantitative estimate of drug-likeness (QED) is 0.489. The summed E-state index contributed by atoms with van der Waals surface area (Å²) < 4.78 is 52.1. The van der Waals surface area contributed by atoms with Gasteiger partial charge in [0.1, 0.15) is 0 Å². The van der Waals surface area contributed by atoms with E-state index in [-0.39, 0.29) is 12.8 Å². The van der Waals surface area contributed by atoms with E-state index >= 15 is 0 Å². The molecular weight excluding hydrogens is 188 g/mol. The average Bonchev–Trinajstić information content (AvgIpc) is 2.05. The van der Waals surface area contributed by atoms with Gasteiger partial charge in [0.15, 0.2) is 11.5 Å². The maximum absolute atomic E-state index is 11.9. The van der Waals surface area contributed by atoms with Gasteiger partial charge < -0.3 is 4.74 Å². The molecule has 1 nitrogen and oxygen atoms in total. The van der Waals surface area contributed by atoms with E-state index in [0.717, 1.165) is 0 Å². The third kappa shape index (κ3) is 3.96. The summed E-state index contributed by atoms with van der Waals surface area (Å²) in [6.07, 6.45) is -4.34. The van der Waals surface area contributed by atoms with Crippen molar-refractivity contribution in [1.29, 1.82) is 0 Å². The second kappa shape index (κ2) is 5.61. The van der Waals surface area contributed by atoms with E-state index in [2.05, 4.69) is 4.74 Å². The summed E-state index contributed by atoms with van der Waals surface area (Å²) in [5.74, 6) is -1.41. The minimum absolute atomic E-state index is 0.112. The molecule has 0 aromatic carbocycles. The van der Waals surface area contributed by atoms with Gasteiger partial charge >= 0.3 is 12.2 Å². The first-order valence-electron chi connectivity index (χ1n) is 3.79. The lowest BCUT2D eigenvalue weighted by molar-refractivity contribution is 0.213. The van der Waals surface area contributed by atoms with E-state index in [0.29, 0.717) is 0 Å². The highest BCUT2D eigenvalue weighted by Gasteiger charge is 2.11. The maximum atomic E-state index is 11.9. The summed E-state index contributed by atoms with van der Waals surface area (Å²) in [6.45, 7) is 2.80. The molecule has 0 N–H and O–H groups in total. The van der Waals surface area contributed by atoms with Crippen LogP contribution in [0.4, 0.5) is 17.6 Å². The van der Waals surface area contributed by atoms with Crippen molar-refractivity contribution in [3.8, 4) is 0 Å². The molecule has 5 heteroatoms. The standard InChI is InChI=1S/C8H10F4O/c1-3-5(7(9)10)13-6(4-2)8(11)12/h3-4H2,1-2H3. The minimum Gasteiger partial charge on any atom is -0.455 e. The highest BCUT2D eigenvalue weighted by Crippen LogP contribution is 2.21. The molecule has 0 aromatic heterocycles. The number of hydrogen-bond acceptors (Lipinski definition) is 1. The molecule has 0 bridgehead atoms. The van der Waals surface area contributed by atoms with Gasteiger partial charge in [0.05, 0.1) is 0 Å². The van der Waals surface area contributed by atoms with E-state index in [1.807, 2.05) is 0 Å². The van der Waals surface area contributed by atoms with Gasteiger partial charge in [-0.25, -0.2) is 0 Å². The topological polar surface area (TPSA) is 9.23 Å². The summed E-state index contributed by atoms with van der Waals surface area (Å²) in [7, 11) is 0. The van der Waals surface area contributed by atoms with Gasteiger partial charge in [-0.15, -0.1) is 0 Å². The fraction of sp³-hybridized carbons (Fsp3) is 0.500. The van der Waals surface area contributed by atoms with E-state index in [1.165, 1.54) is 13.8 Å². The molecule has 0 unspecified atom stereocenters. The van der Waals surface area contributed by atoms with Gasteiger partial charge in [0.2, 0.25) is 0 Å². The van der Waals surface area contributed by atoms with Gasteiger partial charge in [-0.05, 0) is 0 Å². The van der Waals surface area contributed by atoms with Gasteiger partial charge in [-0.2, -0.15) is 17.6 Å². The lowest BCUT2D eigenvalue weighted by atomic mass is 10.4. The van der Waals surface area contributed by atoms with Crippen molar-refractivity contribution in [3.63, 3.8) is 0 Å². The second-order valence-electron chi connectivity index (χ2n) is 2.18. The molecular formula is C8H10F4O. The van der Waals surface area contributed by atoms with E-state index in [1.54, 1.807) is 0 Å². The van der Waals surface area contributed by atoms with Crippen molar-refractivity contribution >= 4 is 0 Å². The Hall–Kier alpha value is -1.00. The summed E-state index contributed by atoms with van der Waals surface area (Å²) >= 11 is 0. The van der Waals surface area contributed by atoms with Crippen LogP contribution >= 0.6 is 0 Å². The molecule has 0 atom stereocenters. The molecule has 0 spiro atoms. The van der Waals surface area contributed by atoms with Gasteiger partial charge in [0, 0.05) is 12.8 Å². The van der Waals surface area contributed by atoms with Crippen molar-refractivity contribution in [3.05, 3.63) is 23.7 Å². The molecule has 0 radical (unpaired) electrons. The molecule has 0 amide bonds. The molecule has 0 saturated heterocycles. The van der Waals surface area contributed by atoms with Crippen LogP contribution in [-0.4, -0.2) is 0 Å². The fourth-order valence-electron chi connectivity index (χ4n) is 0.637. The summed E-state index contributed by atoms with van der Waals surface area (Å²) in [5.41, 5.74) is 0. The smallest absolute Gasteiger partial charge is 0.308 e. The molecule has 0 aliphatic heterocycles. The van der Waals surface area contributed by atoms with E-state index in [4.69, 9.17) is 0 Å². The Bertz CT molecular complexity index is 200. The highest BCUT2D eigenvalue weighted by atomic mass is 19.3. The Morgan fingerprint density at radius 2 is 1.15 bits per heavy atom. The lowest BCUT2D eigenvalue weighted by Gasteiger charge is -2.07. The normalized spacial score (nSPS) is 9.38. The third-order valence-corrected chi connectivity index (χ3v) is 1.31. The van der Waals surface area contributed by atoms with E-state index < -0.39 is 23.7 Å². The van der Waals surface area contributed by atoms with E-state index in [9.17, 15) is 17.6 Å². The van der Waals surface area contributed by atoms with Crippen molar-refractivity contribution in [2.45, 2.75) is 26.7 Å². The van der Waals surface area contributed by atoms with Crippen molar-refractivity contribution < 1.29 is 22.3 Å². The Labute approximate surface area is 73.7 Å². The summed E-state index contributed by atoms with van der Waals surface area (Å²) in [4.78, 5) is 0. The summed E-state index contributed by atoms with van der Waals surface area (Å²) in [6, 6.07) is 0.